The largest absolute Gasteiger partial charge is 0.478 e. The molecule has 0 bridgehead atoms. The lowest BCUT2D eigenvalue weighted by molar-refractivity contribution is -0.114. The fraction of sp³-hybridized carbons (Fsp3) is 0.154. The van der Waals surface area contributed by atoms with Crippen LogP contribution in [-0.4, -0.2) is 22.0 Å². The highest BCUT2D eigenvalue weighted by Gasteiger charge is 2.12. The molecule has 2 N–H and O–H groups in total. The molecule has 1 amide bonds. The highest BCUT2D eigenvalue weighted by molar-refractivity contribution is 9.10. The number of carbonyl (C=O) groups is 2. The van der Waals surface area contributed by atoms with E-state index in [1.807, 2.05) is 5.38 Å². The highest BCUT2D eigenvalue weighted by Crippen LogP contribution is 2.30. The Morgan fingerprint density at radius 1 is 1.48 bits per heavy atom. The molecule has 0 atom stereocenters. The molecule has 8 heteroatoms. The van der Waals surface area contributed by atoms with Crippen molar-refractivity contribution in [2.24, 2.45) is 0 Å². The van der Waals surface area contributed by atoms with Crippen molar-refractivity contribution in [3.63, 3.8) is 0 Å². The zero-order valence-electron chi connectivity index (χ0n) is 10.9. The summed E-state index contributed by atoms with van der Waals surface area (Å²) in [5, 5.41) is 14.2. The fourth-order valence-corrected chi connectivity index (χ4v) is 3.87. The van der Waals surface area contributed by atoms with Crippen LogP contribution in [0.1, 0.15) is 23.0 Å². The van der Waals surface area contributed by atoms with E-state index in [-0.39, 0.29) is 11.5 Å². The number of amides is 1. The first-order chi connectivity index (χ1) is 9.95. The molecule has 5 nitrogen and oxygen atoms in total. The van der Waals surface area contributed by atoms with Crippen molar-refractivity contribution in [3.05, 3.63) is 39.3 Å². The molecule has 0 spiro atoms. The quantitative estimate of drug-likeness (QED) is 0.762. The first-order valence-electron chi connectivity index (χ1n) is 5.83. The van der Waals surface area contributed by atoms with Crippen molar-refractivity contribution in [2.75, 3.05) is 5.32 Å². The first kappa shape index (κ1) is 16.0. The summed E-state index contributed by atoms with van der Waals surface area (Å²) in [6.45, 7) is 1.43. The molecule has 0 radical (unpaired) electrons. The van der Waals surface area contributed by atoms with Gasteiger partial charge in [-0.15, -0.1) is 23.1 Å². The zero-order chi connectivity index (χ0) is 15.4. The molecule has 0 aliphatic carbocycles. The van der Waals surface area contributed by atoms with Gasteiger partial charge in [0.25, 0.3) is 0 Å². The lowest BCUT2D eigenvalue weighted by Gasteiger charge is -2.05. The fourth-order valence-electron chi connectivity index (χ4n) is 1.53. The predicted octanol–water partition coefficient (Wildman–Crippen LogP) is 3.85. The summed E-state index contributed by atoms with van der Waals surface area (Å²) < 4.78 is 0.826. The number of carbonyl (C=O) groups excluding carboxylic acids is 1. The highest BCUT2D eigenvalue weighted by atomic mass is 79.9. The van der Waals surface area contributed by atoms with Crippen molar-refractivity contribution >= 4 is 56.0 Å². The van der Waals surface area contributed by atoms with Gasteiger partial charge in [-0.05, 0) is 18.2 Å². The van der Waals surface area contributed by atoms with Crippen molar-refractivity contribution in [2.45, 2.75) is 17.6 Å². The lowest BCUT2D eigenvalue weighted by atomic mass is 10.2. The van der Waals surface area contributed by atoms with Crippen LogP contribution in [0.15, 0.2) is 32.9 Å². The van der Waals surface area contributed by atoms with Crippen LogP contribution in [-0.2, 0) is 10.5 Å². The number of benzene rings is 1. The molecular weight excluding hydrogens is 376 g/mol. The number of thioether (sulfide) groups is 1. The minimum absolute atomic E-state index is 0.163. The minimum atomic E-state index is -0.956. The first-order valence-corrected chi connectivity index (χ1v) is 8.49. The maximum Gasteiger partial charge on any atom is 0.336 e. The van der Waals surface area contributed by atoms with Crippen molar-refractivity contribution in [1.82, 2.24) is 4.98 Å². The average Bonchev–Trinajstić information content (AvgIpc) is 2.82. The summed E-state index contributed by atoms with van der Waals surface area (Å²) in [6, 6.07) is 5.04. The van der Waals surface area contributed by atoms with E-state index < -0.39 is 5.97 Å². The maximum atomic E-state index is 11.2. The summed E-state index contributed by atoms with van der Waals surface area (Å²) in [7, 11) is 0. The number of thiazole rings is 1. The van der Waals surface area contributed by atoms with E-state index in [1.54, 1.807) is 18.2 Å². The SMILES string of the molecule is CC(=O)Nc1nc(CSc2cc(Br)ccc2C(=O)O)cs1. The number of aromatic carboxylic acids is 1. The van der Waals surface area contributed by atoms with E-state index in [0.29, 0.717) is 15.8 Å². The molecule has 0 unspecified atom stereocenters. The third kappa shape index (κ3) is 4.55. The number of halogens is 1. The summed E-state index contributed by atoms with van der Waals surface area (Å²) in [5.74, 6) is -0.585. The zero-order valence-corrected chi connectivity index (χ0v) is 14.1. The van der Waals surface area contributed by atoms with Crippen LogP contribution in [0.3, 0.4) is 0 Å². The van der Waals surface area contributed by atoms with Crippen LogP contribution < -0.4 is 5.32 Å². The summed E-state index contributed by atoms with van der Waals surface area (Å²) >= 11 is 6.08. The maximum absolute atomic E-state index is 11.2. The Hall–Kier alpha value is -1.38. The molecule has 2 aromatic rings. The van der Waals surface area contributed by atoms with Crippen LogP contribution in [0.4, 0.5) is 5.13 Å². The predicted molar refractivity (Wildman–Crippen MR) is 87.1 cm³/mol. The normalized spacial score (nSPS) is 10.4. The standard InChI is InChI=1S/C13H11BrN2O3S2/c1-7(17)15-13-16-9(6-21-13)5-20-11-4-8(14)2-3-10(11)12(18)19/h2-4,6H,5H2,1H3,(H,18,19)(H,15,16,17). The second-order valence-electron chi connectivity index (χ2n) is 4.06. The number of nitrogens with zero attached hydrogens (tertiary/aromatic N) is 1. The molecule has 0 aliphatic heterocycles. The number of hydrogen-bond donors (Lipinski definition) is 2. The number of carboxylic acids is 1. The number of aromatic nitrogens is 1. The van der Waals surface area contributed by atoms with E-state index in [2.05, 4.69) is 26.2 Å². The Morgan fingerprint density at radius 3 is 2.90 bits per heavy atom. The molecule has 0 saturated heterocycles. The van der Waals surface area contributed by atoms with Crippen LogP contribution in [0.25, 0.3) is 0 Å². The van der Waals surface area contributed by atoms with Gasteiger partial charge >= 0.3 is 5.97 Å². The summed E-state index contributed by atoms with van der Waals surface area (Å²) in [5.41, 5.74) is 1.06. The van der Waals surface area contributed by atoms with Gasteiger partial charge in [0.2, 0.25) is 5.91 Å². The van der Waals surface area contributed by atoms with Crippen molar-refractivity contribution < 1.29 is 14.7 Å². The Kier molecular flexibility index (Phi) is 5.38. The second-order valence-corrected chi connectivity index (χ2v) is 6.85. The third-order valence-corrected chi connectivity index (χ3v) is 4.77. The molecule has 110 valence electrons. The minimum Gasteiger partial charge on any atom is -0.478 e. The van der Waals surface area contributed by atoms with Gasteiger partial charge in [0.1, 0.15) is 0 Å². The molecule has 0 fully saturated rings. The van der Waals surface area contributed by atoms with E-state index >= 15 is 0 Å². The van der Waals surface area contributed by atoms with Gasteiger partial charge in [0.05, 0.1) is 11.3 Å². The number of hydrogen-bond acceptors (Lipinski definition) is 5. The molecule has 1 aromatic carbocycles. The van der Waals surface area contributed by atoms with E-state index in [1.165, 1.54) is 30.0 Å². The van der Waals surface area contributed by atoms with Gasteiger partial charge in [0, 0.05) is 27.4 Å². The van der Waals surface area contributed by atoms with Crippen molar-refractivity contribution in [3.8, 4) is 0 Å². The van der Waals surface area contributed by atoms with Gasteiger partial charge in [-0.2, -0.15) is 0 Å². The molecule has 21 heavy (non-hydrogen) atoms. The number of rotatable bonds is 5. The average molecular weight is 387 g/mol. The molecular formula is C13H11BrN2O3S2. The Labute approximate surface area is 137 Å². The number of anilines is 1. The van der Waals surface area contributed by atoms with E-state index in [9.17, 15) is 9.59 Å². The lowest BCUT2D eigenvalue weighted by Crippen LogP contribution is -2.05. The molecule has 0 aliphatic rings. The van der Waals surface area contributed by atoms with Gasteiger partial charge in [0.15, 0.2) is 5.13 Å². The topological polar surface area (TPSA) is 79.3 Å². The van der Waals surface area contributed by atoms with Gasteiger partial charge in [-0.3, -0.25) is 4.79 Å². The van der Waals surface area contributed by atoms with Crippen molar-refractivity contribution in [1.29, 1.82) is 0 Å². The van der Waals surface area contributed by atoms with Crippen LogP contribution in [0.5, 0.6) is 0 Å². The van der Waals surface area contributed by atoms with Crippen LogP contribution in [0, 0.1) is 0 Å². The van der Waals surface area contributed by atoms with E-state index in [4.69, 9.17) is 5.11 Å². The Morgan fingerprint density at radius 2 is 2.24 bits per heavy atom. The summed E-state index contributed by atoms with van der Waals surface area (Å²) in [4.78, 5) is 27.1. The van der Waals surface area contributed by atoms with Gasteiger partial charge in [-0.1, -0.05) is 15.9 Å². The Balaban J connectivity index is 2.09. The van der Waals surface area contributed by atoms with Gasteiger partial charge < -0.3 is 10.4 Å². The van der Waals surface area contributed by atoms with E-state index in [0.717, 1.165) is 10.2 Å². The second kappa shape index (κ2) is 7.06. The summed E-state index contributed by atoms with van der Waals surface area (Å²) in [6.07, 6.45) is 0. The molecule has 2 rings (SSSR count). The number of carboxylic acid groups (broad SMARTS) is 1. The third-order valence-electron chi connectivity index (χ3n) is 2.38. The number of nitrogens with one attached hydrogen (secondary N) is 1. The van der Waals surface area contributed by atoms with Crippen LogP contribution >= 0.6 is 39.0 Å². The Bertz CT molecular complexity index is 688. The molecule has 1 heterocycles. The van der Waals surface area contributed by atoms with Gasteiger partial charge in [-0.25, -0.2) is 9.78 Å². The molecule has 1 aromatic heterocycles. The smallest absolute Gasteiger partial charge is 0.336 e. The monoisotopic (exact) mass is 386 g/mol. The van der Waals surface area contributed by atoms with Crippen LogP contribution in [0.2, 0.25) is 0 Å². The molecule has 0 saturated carbocycles.